The van der Waals surface area contributed by atoms with Crippen LogP contribution in [0.15, 0.2) is 22.4 Å². The van der Waals surface area contributed by atoms with Crippen LogP contribution in [0.25, 0.3) is 4.96 Å². The first-order chi connectivity index (χ1) is 10.4. The summed E-state index contributed by atoms with van der Waals surface area (Å²) < 4.78 is 1.37. The molecular formula is C13H12N4O4S. The van der Waals surface area contributed by atoms with Gasteiger partial charge in [-0.05, 0) is 13.8 Å². The smallest absolute Gasteiger partial charge is 0.269 e. The molecule has 9 heteroatoms. The Balaban J connectivity index is 1.94. The van der Waals surface area contributed by atoms with Gasteiger partial charge in [0.25, 0.3) is 5.56 Å². The van der Waals surface area contributed by atoms with Crippen LogP contribution in [0.3, 0.4) is 0 Å². The quantitative estimate of drug-likeness (QED) is 0.605. The first kappa shape index (κ1) is 14.4. The van der Waals surface area contributed by atoms with E-state index in [0.29, 0.717) is 4.96 Å². The van der Waals surface area contributed by atoms with Gasteiger partial charge < -0.3 is 0 Å². The number of amides is 4. The number of carbonyl (C=O) groups is 3. The van der Waals surface area contributed by atoms with Crippen molar-refractivity contribution in [3.05, 3.63) is 33.7 Å². The highest BCUT2D eigenvalue weighted by atomic mass is 32.1. The third-order valence-electron chi connectivity index (χ3n) is 3.28. The fourth-order valence-electron chi connectivity index (χ4n) is 2.25. The van der Waals surface area contributed by atoms with Gasteiger partial charge >= 0.3 is 17.8 Å². The molecule has 0 aliphatic carbocycles. The maximum absolute atomic E-state index is 12.2. The molecule has 1 fully saturated rings. The second-order valence-corrected chi connectivity index (χ2v) is 5.96. The Morgan fingerprint density at radius 1 is 1.18 bits per heavy atom. The van der Waals surface area contributed by atoms with E-state index in [9.17, 15) is 19.2 Å². The zero-order chi connectivity index (χ0) is 16.0. The lowest BCUT2D eigenvalue weighted by Crippen LogP contribution is -2.38. The number of rotatable bonds is 3. The van der Waals surface area contributed by atoms with Gasteiger partial charge in [-0.2, -0.15) is 0 Å². The van der Waals surface area contributed by atoms with Crippen LogP contribution in [0.2, 0.25) is 0 Å². The molecular weight excluding hydrogens is 308 g/mol. The van der Waals surface area contributed by atoms with Crippen LogP contribution in [-0.4, -0.2) is 43.1 Å². The van der Waals surface area contributed by atoms with Crippen molar-refractivity contribution in [1.29, 1.82) is 0 Å². The van der Waals surface area contributed by atoms with Crippen molar-refractivity contribution >= 4 is 34.1 Å². The molecule has 114 valence electrons. The van der Waals surface area contributed by atoms with E-state index in [1.165, 1.54) is 21.8 Å². The number of nitrogens with zero attached hydrogens (tertiary/aromatic N) is 4. The molecule has 0 unspecified atom stereocenters. The molecule has 3 heterocycles. The van der Waals surface area contributed by atoms with Gasteiger partial charge in [0, 0.05) is 23.7 Å². The summed E-state index contributed by atoms with van der Waals surface area (Å²) in [7, 11) is 0. The van der Waals surface area contributed by atoms with Crippen LogP contribution >= 0.6 is 11.3 Å². The Hall–Kier alpha value is -2.55. The molecule has 0 saturated carbocycles. The molecule has 3 rings (SSSR count). The predicted octanol–water partition coefficient (Wildman–Crippen LogP) is 0.455. The number of aromatic nitrogens is 2. The lowest BCUT2D eigenvalue weighted by molar-refractivity contribution is -0.144. The van der Waals surface area contributed by atoms with Crippen molar-refractivity contribution in [3.63, 3.8) is 0 Å². The second-order valence-electron chi connectivity index (χ2n) is 5.08. The van der Waals surface area contributed by atoms with E-state index in [1.807, 2.05) is 0 Å². The topological polar surface area (TPSA) is 92.1 Å². The van der Waals surface area contributed by atoms with Gasteiger partial charge in [-0.1, -0.05) is 0 Å². The fourth-order valence-corrected chi connectivity index (χ4v) is 2.99. The van der Waals surface area contributed by atoms with Crippen molar-refractivity contribution in [1.82, 2.24) is 19.2 Å². The summed E-state index contributed by atoms with van der Waals surface area (Å²) in [5.74, 6) is -1.75. The summed E-state index contributed by atoms with van der Waals surface area (Å²) in [5.41, 5.74) is -0.0278. The van der Waals surface area contributed by atoms with Gasteiger partial charge in [0.05, 0.1) is 12.2 Å². The molecule has 0 N–H and O–H groups in total. The van der Waals surface area contributed by atoms with Crippen LogP contribution < -0.4 is 5.56 Å². The molecule has 1 aliphatic rings. The normalized spacial score (nSPS) is 15.7. The molecule has 0 aromatic carbocycles. The zero-order valence-corrected chi connectivity index (χ0v) is 12.7. The molecule has 1 aliphatic heterocycles. The van der Waals surface area contributed by atoms with Crippen molar-refractivity contribution in [2.75, 3.05) is 0 Å². The average molecular weight is 320 g/mol. The maximum Gasteiger partial charge on any atom is 0.334 e. The van der Waals surface area contributed by atoms with Crippen molar-refractivity contribution < 1.29 is 14.4 Å². The number of urea groups is 1. The largest absolute Gasteiger partial charge is 0.334 e. The van der Waals surface area contributed by atoms with Gasteiger partial charge in [0.1, 0.15) is 0 Å². The predicted molar refractivity (Wildman–Crippen MR) is 77.3 cm³/mol. The standard InChI is InChI=1S/C13H12N4O4S/c1-7(2)17-11(20)10(19)16(13(17)21)6-8-5-9(18)15-3-4-22-12(15)14-8/h3-5,7H,6H2,1-2H3. The number of hydrogen-bond acceptors (Lipinski definition) is 6. The Kier molecular flexibility index (Phi) is 3.28. The number of imide groups is 2. The summed E-state index contributed by atoms with van der Waals surface area (Å²) in [5, 5.41) is 1.71. The highest BCUT2D eigenvalue weighted by Crippen LogP contribution is 2.18. The number of carbonyl (C=O) groups excluding carboxylic acids is 3. The molecule has 0 spiro atoms. The van der Waals surface area contributed by atoms with Crippen molar-refractivity contribution in [3.8, 4) is 0 Å². The molecule has 0 atom stereocenters. The van der Waals surface area contributed by atoms with E-state index in [1.54, 1.807) is 25.4 Å². The molecule has 22 heavy (non-hydrogen) atoms. The van der Waals surface area contributed by atoms with Crippen LogP contribution in [0, 0.1) is 0 Å². The van der Waals surface area contributed by atoms with Crippen LogP contribution in [0.1, 0.15) is 19.5 Å². The van der Waals surface area contributed by atoms with E-state index < -0.39 is 23.9 Å². The van der Waals surface area contributed by atoms with E-state index >= 15 is 0 Å². The zero-order valence-electron chi connectivity index (χ0n) is 11.8. The van der Waals surface area contributed by atoms with Crippen LogP contribution in [0.5, 0.6) is 0 Å². The average Bonchev–Trinajstić information content (AvgIpc) is 2.99. The second kappa shape index (κ2) is 5.02. The minimum atomic E-state index is -0.896. The summed E-state index contributed by atoms with van der Waals surface area (Å²) in [6, 6.07) is 0.161. The lowest BCUT2D eigenvalue weighted by Gasteiger charge is -2.18. The van der Waals surface area contributed by atoms with Gasteiger partial charge in [-0.25, -0.2) is 14.7 Å². The van der Waals surface area contributed by atoms with Crippen LogP contribution in [0.4, 0.5) is 4.79 Å². The van der Waals surface area contributed by atoms with Crippen LogP contribution in [-0.2, 0) is 16.1 Å². The van der Waals surface area contributed by atoms with E-state index in [4.69, 9.17) is 0 Å². The molecule has 2 aromatic heterocycles. The Morgan fingerprint density at radius 2 is 1.91 bits per heavy atom. The molecule has 0 radical (unpaired) electrons. The fraction of sp³-hybridized carbons (Fsp3) is 0.308. The van der Waals surface area contributed by atoms with Crippen molar-refractivity contribution in [2.24, 2.45) is 0 Å². The first-order valence-electron chi connectivity index (χ1n) is 6.55. The number of hydrogen-bond donors (Lipinski definition) is 0. The first-order valence-corrected chi connectivity index (χ1v) is 7.43. The maximum atomic E-state index is 12.2. The number of thiazole rings is 1. The Bertz CT molecular complexity index is 853. The SMILES string of the molecule is CC(C)N1C(=O)C(=O)N(Cc2cc(=O)n3ccsc3n2)C1=O. The third-order valence-corrected chi connectivity index (χ3v) is 4.03. The van der Waals surface area contributed by atoms with E-state index in [0.717, 1.165) is 9.80 Å². The van der Waals surface area contributed by atoms with E-state index in [2.05, 4.69) is 4.98 Å². The summed E-state index contributed by atoms with van der Waals surface area (Å²) >= 11 is 1.27. The summed E-state index contributed by atoms with van der Waals surface area (Å²) in [6.07, 6.45) is 1.59. The number of fused-ring (bicyclic) bond motifs is 1. The summed E-state index contributed by atoms with van der Waals surface area (Å²) in [4.78, 5) is 54.2. The van der Waals surface area contributed by atoms with Gasteiger partial charge in [-0.3, -0.25) is 23.7 Å². The minimum absolute atomic E-state index is 0.198. The molecule has 1 saturated heterocycles. The van der Waals surface area contributed by atoms with Gasteiger partial charge in [0.2, 0.25) is 0 Å². The Morgan fingerprint density at radius 3 is 2.55 bits per heavy atom. The lowest BCUT2D eigenvalue weighted by atomic mass is 10.3. The third kappa shape index (κ3) is 2.10. The highest BCUT2D eigenvalue weighted by molar-refractivity contribution is 7.15. The monoisotopic (exact) mass is 320 g/mol. The minimum Gasteiger partial charge on any atom is -0.269 e. The molecule has 8 nitrogen and oxygen atoms in total. The summed E-state index contributed by atoms with van der Waals surface area (Å²) in [6.45, 7) is 3.10. The van der Waals surface area contributed by atoms with Gasteiger partial charge in [0.15, 0.2) is 4.96 Å². The molecule has 4 amide bonds. The van der Waals surface area contributed by atoms with Crippen molar-refractivity contribution in [2.45, 2.75) is 26.4 Å². The Labute approximate surface area is 128 Å². The molecule has 0 bridgehead atoms. The van der Waals surface area contributed by atoms with E-state index in [-0.39, 0.29) is 17.8 Å². The molecule has 2 aromatic rings. The highest BCUT2D eigenvalue weighted by Gasteiger charge is 2.45. The van der Waals surface area contributed by atoms with Gasteiger partial charge in [-0.15, -0.1) is 11.3 Å².